The number of fused-ring (bicyclic) bond motifs is 1. The number of benzodiazepines with no additional fused rings is 1. The van der Waals surface area contributed by atoms with Crippen LogP contribution in [0.1, 0.15) is 30.9 Å². The molecular weight excluding hydrogens is 387 g/mol. The molecule has 0 saturated heterocycles. The average Bonchev–Trinajstić information content (AvgIpc) is 2.83. The molecule has 2 aromatic carbocycles. The van der Waals surface area contributed by atoms with Gasteiger partial charge >= 0.3 is 6.03 Å². The lowest BCUT2D eigenvalue weighted by Gasteiger charge is -2.21. The molecule has 0 bridgehead atoms. The Morgan fingerprint density at radius 3 is 2.70 bits per heavy atom. The van der Waals surface area contributed by atoms with Gasteiger partial charge in [-0.05, 0) is 36.8 Å². The second kappa shape index (κ2) is 9.49. The summed E-state index contributed by atoms with van der Waals surface area (Å²) in [6.07, 6.45) is 1.30. The van der Waals surface area contributed by atoms with E-state index in [-0.39, 0.29) is 19.1 Å². The monoisotopic (exact) mass is 412 g/mol. The Balaban J connectivity index is 2.12. The van der Waals surface area contributed by atoms with E-state index in [1.165, 1.54) is 11.0 Å². The van der Waals surface area contributed by atoms with E-state index in [1.54, 1.807) is 43.4 Å². The molecule has 1 unspecified atom stereocenters. The van der Waals surface area contributed by atoms with E-state index in [4.69, 9.17) is 5.11 Å². The van der Waals surface area contributed by atoms with Crippen LogP contribution in [0, 0.1) is 5.82 Å². The van der Waals surface area contributed by atoms with Crippen LogP contribution >= 0.6 is 0 Å². The number of carbonyl (C=O) groups excluding carboxylic acids is 2. The summed E-state index contributed by atoms with van der Waals surface area (Å²) in [6.45, 7) is 1.92. The van der Waals surface area contributed by atoms with Crippen molar-refractivity contribution in [3.8, 4) is 0 Å². The Morgan fingerprint density at radius 1 is 1.23 bits per heavy atom. The van der Waals surface area contributed by atoms with Crippen molar-refractivity contribution >= 4 is 29.0 Å². The number of amides is 3. The molecule has 0 spiro atoms. The minimum absolute atomic E-state index is 0.120. The summed E-state index contributed by atoms with van der Waals surface area (Å²) in [5, 5.41) is 14.0. The summed E-state index contributed by atoms with van der Waals surface area (Å²) in [5.41, 5.74) is 2.27. The fourth-order valence-electron chi connectivity index (χ4n) is 3.39. The van der Waals surface area contributed by atoms with Crippen LogP contribution in [0.3, 0.4) is 0 Å². The zero-order valence-corrected chi connectivity index (χ0v) is 17.0. The number of rotatable bonds is 6. The molecule has 0 aromatic heterocycles. The quantitative estimate of drug-likeness (QED) is 0.681. The highest BCUT2D eigenvalue weighted by Gasteiger charge is 2.30. The number of hydrogen-bond acceptors (Lipinski definition) is 4. The Hall–Kier alpha value is -3.26. The van der Waals surface area contributed by atoms with Crippen molar-refractivity contribution in [2.75, 3.05) is 30.4 Å². The number of nitrogens with zero attached hydrogens (tertiary/aromatic N) is 2. The summed E-state index contributed by atoms with van der Waals surface area (Å²) in [6, 6.07) is 10.3. The number of hydrogen-bond donors (Lipinski definition) is 3. The number of halogens is 1. The highest BCUT2D eigenvalue weighted by Crippen LogP contribution is 2.31. The number of anilines is 2. The van der Waals surface area contributed by atoms with Crippen molar-refractivity contribution in [3.63, 3.8) is 0 Å². The fraction of sp³-hybridized carbons (Fsp3) is 0.318. The van der Waals surface area contributed by atoms with Crippen LogP contribution in [-0.4, -0.2) is 49.0 Å². The molecule has 3 amide bonds. The molecule has 158 valence electrons. The van der Waals surface area contributed by atoms with Crippen molar-refractivity contribution in [1.29, 1.82) is 0 Å². The van der Waals surface area contributed by atoms with Crippen molar-refractivity contribution in [2.45, 2.75) is 25.8 Å². The minimum atomic E-state index is -0.619. The lowest BCUT2D eigenvalue weighted by molar-refractivity contribution is -0.119. The first-order valence-electron chi connectivity index (χ1n) is 9.86. The van der Waals surface area contributed by atoms with Gasteiger partial charge in [0.25, 0.3) is 5.91 Å². The molecule has 0 saturated carbocycles. The topological polar surface area (TPSA) is 94.0 Å². The third kappa shape index (κ3) is 4.49. The van der Waals surface area contributed by atoms with E-state index in [2.05, 4.69) is 15.6 Å². The van der Waals surface area contributed by atoms with Crippen molar-refractivity contribution in [2.24, 2.45) is 4.99 Å². The van der Waals surface area contributed by atoms with E-state index in [9.17, 15) is 14.0 Å². The first-order chi connectivity index (χ1) is 14.5. The Labute approximate surface area is 174 Å². The molecule has 1 aliphatic rings. The zero-order valence-electron chi connectivity index (χ0n) is 17.0. The van der Waals surface area contributed by atoms with Crippen LogP contribution in [0.2, 0.25) is 0 Å². The van der Waals surface area contributed by atoms with Gasteiger partial charge in [0.1, 0.15) is 11.9 Å². The van der Waals surface area contributed by atoms with Crippen LogP contribution in [0.15, 0.2) is 47.5 Å². The molecule has 1 heterocycles. The van der Waals surface area contributed by atoms with Gasteiger partial charge in [-0.25, -0.2) is 9.18 Å². The average molecular weight is 412 g/mol. The number of likely N-dealkylation sites (N-methyl/N-ethyl adjacent to an activating group) is 1. The smallest absolute Gasteiger partial charge is 0.319 e. The summed E-state index contributed by atoms with van der Waals surface area (Å²) in [7, 11) is 1.67. The summed E-state index contributed by atoms with van der Waals surface area (Å²) in [5.74, 6) is -0.598. The van der Waals surface area contributed by atoms with E-state index in [0.29, 0.717) is 34.6 Å². The standard InChI is InChI=1S/C22H25FN4O3/c1-3-6-18-21(29)27(2)19-10-9-14(25-22(30)24-11-12-28)13-16(19)20(26-18)15-7-4-5-8-17(15)23/h4-5,7-10,13,18,28H,3,6,11-12H2,1-2H3,(H2,24,25,30). The van der Waals surface area contributed by atoms with Crippen molar-refractivity contribution in [1.82, 2.24) is 5.32 Å². The molecule has 8 heteroatoms. The van der Waals surface area contributed by atoms with Gasteiger partial charge in [0.15, 0.2) is 0 Å². The summed E-state index contributed by atoms with van der Waals surface area (Å²) < 4.78 is 14.7. The lowest BCUT2D eigenvalue weighted by Crippen LogP contribution is -2.34. The molecule has 30 heavy (non-hydrogen) atoms. The molecule has 2 aromatic rings. The number of urea groups is 1. The lowest BCUT2D eigenvalue weighted by atomic mass is 9.99. The molecule has 1 atom stereocenters. The van der Waals surface area contributed by atoms with Gasteiger partial charge in [-0.2, -0.15) is 0 Å². The maximum absolute atomic E-state index is 14.7. The summed E-state index contributed by atoms with van der Waals surface area (Å²) in [4.78, 5) is 31.1. The van der Waals surface area contributed by atoms with Gasteiger partial charge in [0.2, 0.25) is 0 Å². The predicted octanol–water partition coefficient (Wildman–Crippen LogP) is 2.92. The second-order valence-corrected chi connectivity index (χ2v) is 7.00. The number of benzene rings is 2. The van der Waals surface area contributed by atoms with Gasteiger partial charge < -0.3 is 20.6 Å². The predicted molar refractivity (Wildman–Crippen MR) is 115 cm³/mol. The van der Waals surface area contributed by atoms with Crippen LogP contribution in [0.5, 0.6) is 0 Å². The molecule has 0 fully saturated rings. The molecular formula is C22H25FN4O3. The van der Waals surface area contributed by atoms with Crippen LogP contribution in [0.25, 0.3) is 0 Å². The molecule has 1 aliphatic heterocycles. The minimum Gasteiger partial charge on any atom is -0.395 e. The third-order valence-electron chi connectivity index (χ3n) is 4.86. The maximum atomic E-state index is 14.7. The number of aliphatic hydroxyl groups is 1. The number of aliphatic hydroxyl groups excluding tert-OH is 1. The fourth-order valence-corrected chi connectivity index (χ4v) is 3.39. The molecule has 3 N–H and O–H groups in total. The van der Waals surface area contributed by atoms with Crippen LogP contribution in [-0.2, 0) is 4.79 Å². The molecule has 7 nitrogen and oxygen atoms in total. The van der Waals surface area contributed by atoms with Crippen LogP contribution in [0.4, 0.5) is 20.6 Å². The SMILES string of the molecule is CCCC1N=C(c2ccccc2F)c2cc(NC(=O)NCCO)ccc2N(C)C1=O. The van der Waals surface area contributed by atoms with Gasteiger partial charge in [0, 0.05) is 30.4 Å². The Morgan fingerprint density at radius 2 is 2.00 bits per heavy atom. The normalized spacial score (nSPS) is 15.9. The van der Waals surface area contributed by atoms with Gasteiger partial charge in [-0.1, -0.05) is 25.5 Å². The highest BCUT2D eigenvalue weighted by molar-refractivity contribution is 6.20. The number of nitrogens with one attached hydrogen (secondary N) is 2. The van der Waals surface area contributed by atoms with E-state index in [1.807, 2.05) is 6.92 Å². The number of aliphatic imine (C=N–C) groups is 1. The van der Waals surface area contributed by atoms with E-state index in [0.717, 1.165) is 6.42 Å². The first kappa shape index (κ1) is 21.4. The van der Waals surface area contributed by atoms with Gasteiger partial charge in [-0.15, -0.1) is 0 Å². The first-order valence-corrected chi connectivity index (χ1v) is 9.86. The van der Waals surface area contributed by atoms with E-state index >= 15 is 0 Å². The highest BCUT2D eigenvalue weighted by atomic mass is 19.1. The molecule has 0 radical (unpaired) electrons. The second-order valence-electron chi connectivity index (χ2n) is 7.00. The third-order valence-corrected chi connectivity index (χ3v) is 4.86. The maximum Gasteiger partial charge on any atom is 0.319 e. The van der Waals surface area contributed by atoms with Crippen LogP contribution < -0.4 is 15.5 Å². The van der Waals surface area contributed by atoms with Gasteiger partial charge in [-0.3, -0.25) is 9.79 Å². The van der Waals surface area contributed by atoms with Gasteiger partial charge in [0.05, 0.1) is 18.0 Å². The number of carbonyl (C=O) groups is 2. The summed E-state index contributed by atoms with van der Waals surface area (Å²) >= 11 is 0. The largest absolute Gasteiger partial charge is 0.395 e. The molecule has 0 aliphatic carbocycles. The van der Waals surface area contributed by atoms with E-state index < -0.39 is 17.9 Å². The van der Waals surface area contributed by atoms with Crippen molar-refractivity contribution < 1.29 is 19.1 Å². The zero-order chi connectivity index (χ0) is 21.7. The van der Waals surface area contributed by atoms with Crippen molar-refractivity contribution in [3.05, 3.63) is 59.4 Å². The Bertz CT molecular complexity index is 977. The Kier molecular flexibility index (Phi) is 6.79. The molecule has 3 rings (SSSR count).